The molecule has 1 N–H and O–H groups in total. The first-order chi connectivity index (χ1) is 5.59. The number of nitrogens with one attached hydrogen (secondary N) is 1. The van der Waals surface area contributed by atoms with Crippen molar-refractivity contribution in [2.24, 2.45) is 11.8 Å². The average molecular weight is 167 g/mol. The van der Waals surface area contributed by atoms with Crippen molar-refractivity contribution in [2.75, 3.05) is 6.54 Å². The van der Waals surface area contributed by atoms with Crippen molar-refractivity contribution in [3.8, 4) is 0 Å². The Bertz CT molecular complexity index is 154. The van der Waals surface area contributed by atoms with Crippen molar-refractivity contribution in [3.63, 3.8) is 0 Å². The molecule has 0 amide bonds. The molecule has 0 saturated heterocycles. The molecule has 0 aromatic rings. The molecule has 0 heterocycles. The van der Waals surface area contributed by atoms with Crippen LogP contribution >= 0.6 is 0 Å². The summed E-state index contributed by atoms with van der Waals surface area (Å²) in [5, 5.41) is 3.50. The molecule has 1 nitrogen and oxygen atoms in total. The van der Waals surface area contributed by atoms with Gasteiger partial charge in [-0.3, -0.25) is 0 Å². The minimum atomic E-state index is 0.772. The van der Waals surface area contributed by atoms with E-state index in [9.17, 15) is 0 Å². The highest BCUT2D eigenvalue weighted by atomic mass is 14.9. The van der Waals surface area contributed by atoms with Gasteiger partial charge in [0, 0.05) is 12.6 Å². The maximum absolute atomic E-state index is 3.88. The topological polar surface area (TPSA) is 12.0 Å². The van der Waals surface area contributed by atoms with Crippen molar-refractivity contribution in [3.05, 3.63) is 12.2 Å². The Morgan fingerprint density at radius 3 is 2.50 bits per heavy atom. The van der Waals surface area contributed by atoms with Crippen molar-refractivity contribution in [1.29, 1.82) is 0 Å². The summed E-state index contributed by atoms with van der Waals surface area (Å²) in [4.78, 5) is 0. The first kappa shape index (κ1) is 9.79. The monoisotopic (exact) mass is 167 g/mol. The van der Waals surface area contributed by atoms with Gasteiger partial charge in [0.2, 0.25) is 0 Å². The lowest BCUT2D eigenvalue weighted by Gasteiger charge is -2.38. The molecule has 0 atom stereocenters. The molecule has 1 aliphatic rings. The van der Waals surface area contributed by atoms with Crippen molar-refractivity contribution in [1.82, 2.24) is 5.32 Å². The van der Waals surface area contributed by atoms with Crippen LogP contribution < -0.4 is 5.32 Å². The highest BCUT2D eigenvalue weighted by molar-refractivity contribution is 4.95. The number of rotatable bonds is 4. The largest absolute Gasteiger partial charge is 0.310 e. The van der Waals surface area contributed by atoms with Crippen LogP contribution in [0.5, 0.6) is 0 Å². The summed E-state index contributed by atoms with van der Waals surface area (Å²) >= 11 is 0. The second-order valence-corrected chi connectivity index (χ2v) is 4.51. The average Bonchev–Trinajstić information content (AvgIpc) is 1.82. The molecule has 1 rings (SSSR count). The molecule has 70 valence electrons. The van der Waals surface area contributed by atoms with E-state index in [-0.39, 0.29) is 0 Å². The van der Waals surface area contributed by atoms with Gasteiger partial charge in [0.25, 0.3) is 0 Å². The van der Waals surface area contributed by atoms with Crippen molar-refractivity contribution >= 4 is 0 Å². The predicted octanol–water partition coefficient (Wildman–Crippen LogP) is 2.59. The molecule has 0 unspecified atom stereocenters. The van der Waals surface area contributed by atoms with E-state index in [1.165, 1.54) is 18.4 Å². The zero-order chi connectivity index (χ0) is 9.14. The third kappa shape index (κ3) is 2.63. The standard InChI is InChI=1S/C11H21N/c1-8(2)7-12-11-5-10(6-11)9(3)4/h9-12H,1,5-7H2,2-4H3. The van der Waals surface area contributed by atoms with Gasteiger partial charge >= 0.3 is 0 Å². The second-order valence-electron chi connectivity index (χ2n) is 4.51. The van der Waals surface area contributed by atoms with Crippen LogP contribution in [-0.4, -0.2) is 12.6 Å². The quantitative estimate of drug-likeness (QED) is 0.635. The van der Waals surface area contributed by atoms with E-state index in [0.29, 0.717) is 0 Å². The van der Waals surface area contributed by atoms with E-state index < -0.39 is 0 Å². The number of hydrogen-bond acceptors (Lipinski definition) is 1. The summed E-state index contributed by atoms with van der Waals surface area (Å²) in [6.07, 6.45) is 2.73. The van der Waals surface area contributed by atoms with E-state index in [1.807, 2.05) is 0 Å². The van der Waals surface area contributed by atoms with Crippen LogP contribution in [0.15, 0.2) is 12.2 Å². The Balaban J connectivity index is 2.06. The van der Waals surface area contributed by atoms with Crippen LogP contribution in [0, 0.1) is 11.8 Å². The maximum Gasteiger partial charge on any atom is 0.0161 e. The third-order valence-corrected chi connectivity index (χ3v) is 2.81. The van der Waals surface area contributed by atoms with E-state index in [2.05, 4.69) is 32.7 Å². The summed E-state index contributed by atoms with van der Waals surface area (Å²) in [7, 11) is 0. The Hall–Kier alpha value is -0.300. The zero-order valence-electron chi connectivity index (χ0n) is 8.56. The van der Waals surface area contributed by atoms with Gasteiger partial charge in [-0.05, 0) is 31.6 Å². The van der Waals surface area contributed by atoms with E-state index in [0.717, 1.165) is 24.4 Å². The van der Waals surface area contributed by atoms with Gasteiger partial charge < -0.3 is 5.32 Å². The first-order valence-corrected chi connectivity index (χ1v) is 4.97. The fourth-order valence-corrected chi connectivity index (χ4v) is 1.69. The van der Waals surface area contributed by atoms with E-state index >= 15 is 0 Å². The molecule has 0 aromatic carbocycles. The van der Waals surface area contributed by atoms with Gasteiger partial charge in [-0.1, -0.05) is 26.0 Å². The minimum Gasteiger partial charge on any atom is -0.310 e. The second kappa shape index (κ2) is 4.08. The summed E-state index contributed by atoms with van der Waals surface area (Å²) in [5.74, 6) is 1.83. The highest BCUT2D eigenvalue weighted by Gasteiger charge is 2.30. The zero-order valence-corrected chi connectivity index (χ0v) is 8.56. The Labute approximate surface area is 76.2 Å². The number of hydrogen-bond donors (Lipinski definition) is 1. The smallest absolute Gasteiger partial charge is 0.0161 e. The first-order valence-electron chi connectivity index (χ1n) is 4.97. The molecule has 12 heavy (non-hydrogen) atoms. The van der Waals surface area contributed by atoms with Gasteiger partial charge in [0.1, 0.15) is 0 Å². The van der Waals surface area contributed by atoms with Crippen LogP contribution in [-0.2, 0) is 0 Å². The normalized spacial score (nSPS) is 28.7. The van der Waals surface area contributed by atoms with Crippen LogP contribution in [0.4, 0.5) is 0 Å². The minimum absolute atomic E-state index is 0.772. The maximum atomic E-state index is 3.88. The van der Waals surface area contributed by atoms with Crippen LogP contribution in [0.2, 0.25) is 0 Å². The van der Waals surface area contributed by atoms with Gasteiger partial charge in [-0.2, -0.15) is 0 Å². The molecule has 1 fully saturated rings. The van der Waals surface area contributed by atoms with Crippen LogP contribution in [0.3, 0.4) is 0 Å². The summed E-state index contributed by atoms with van der Waals surface area (Å²) < 4.78 is 0. The Kier molecular flexibility index (Phi) is 3.33. The SMILES string of the molecule is C=C(C)CNC1CC(C(C)C)C1. The van der Waals surface area contributed by atoms with Crippen molar-refractivity contribution in [2.45, 2.75) is 39.7 Å². The Morgan fingerprint density at radius 1 is 1.50 bits per heavy atom. The fourth-order valence-electron chi connectivity index (χ4n) is 1.69. The molecule has 0 spiro atoms. The molecule has 1 aliphatic carbocycles. The highest BCUT2D eigenvalue weighted by Crippen LogP contribution is 2.33. The molecule has 0 aliphatic heterocycles. The van der Waals surface area contributed by atoms with Crippen molar-refractivity contribution < 1.29 is 0 Å². The van der Waals surface area contributed by atoms with E-state index in [1.54, 1.807) is 0 Å². The molecular formula is C11H21N. The molecule has 0 radical (unpaired) electrons. The fraction of sp³-hybridized carbons (Fsp3) is 0.818. The van der Waals surface area contributed by atoms with Crippen LogP contribution in [0.25, 0.3) is 0 Å². The lowest BCUT2D eigenvalue weighted by atomic mass is 9.73. The molecule has 0 aromatic heterocycles. The molecular weight excluding hydrogens is 146 g/mol. The Morgan fingerprint density at radius 2 is 2.08 bits per heavy atom. The summed E-state index contributed by atoms with van der Waals surface area (Å²) in [6.45, 7) is 11.6. The lowest BCUT2D eigenvalue weighted by Crippen LogP contribution is -2.43. The van der Waals surface area contributed by atoms with Gasteiger partial charge in [-0.25, -0.2) is 0 Å². The summed E-state index contributed by atoms with van der Waals surface area (Å²) in [6, 6.07) is 0.772. The molecule has 1 saturated carbocycles. The molecule has 0 bridgehead atoms. The predicted molar refractivity (Wildman–Crippen MR) is 54.2 cm³/mol. The van der Waals surface area contributed by atoms with Gasteiger partial charge in [0.05, 0.1) is 0 Å². The molecule has 1 heteroatoms. The lowest BCUT2D eigenvalue weighted by molar-refractivity contribution is 0.172. The van der Waals surface area contributed by atoms with E-state index in [4.69, 9.17) is 0 Å². The van der Waals surface area contributed by atoms with Gasteiger partial charge in [0.15, 0.2) is 0 Å². The van der Waals surface area contributed by atoms with Crippen LogP contribution in [0.1, 0.15) is 33.6 Å². The van der Waals surface area contributed by atoms with Gasteiger partial charge in [-0.15, -0.1) is 0 Å². The summed E-state index contributed by atoms with van der Waals surface area (Å²) in [5.41, 5.74) is 1.24. The third-order valence-electron chi connectivity index (χ3n) is 2.81.